The maximum Gasteiger partial charge on any atom is 0.349 e. The van der Waals surface area contributed by atoms with Gasteiger partial charge < -0.3 is 19.6 Å². The molecule has 0 saturated heterocycles. The average molecular weight is 381 g/mol. The Morgan fingerprint density at radius 2 is 1.89 bits per heavy atom. The number of aryl methyl sites for hydroxylation is 1. The van der Waals surface area contributed by atoms with Gasteiger partial charge in [-0.3, -0.25) is 4.79 Å². The van der Waals surface area contributed by atoms with Crippen molar-refractivity contribution in [2.24, 2.45) is 0 Å². The zero-order valence-corrected chi connectivity index (χ0v) is 15.2. The number of benzene rings is 2. The summed E-state index contributed by atoms with van der Waals surface area (Å²) < 4.78 is 10.6. The van der Waals surface area contributed by atoms with Gasteiger partial charge in [-0.05, 0) is 24.1 Å². The van der Waals surface area contributed by atoms with Crippen LogP contribution in [0.25, 0.3) is 11.0 Å². The molecule has 3 aromatic rings. The molecule has 7 heteroatoms. The fourth-order valence-corrected chi connectivity index (χ4v) is 2.73. The molecule has 1 heterocycles. The van der Waals surface area contributed by atoms with E-state index in [-0.39, 0.29) is 18.8 Å². The highest BCUT2D eigenvalue weighted by Crippen LogP contribution is 2.17. The molecule has 0 spiro atoms. The van der Waals surface area contributed by atoms with Gasteiger partial charge in [0.1, 0.15) is 11.1 Å². The van der Waals surface area contributed by atoms with Crippen LogP contribution in [-0.2, 0) is 16.1 Å². The van der Waals surface area contributed by atoms with Crippen LogP contribution in [0.3, 0.4) is 0 Å². The standard InChI is InChI=1S/C21H19NO6/c1-13-6-5-9-15-10-16(21(26)28-18(13)15)19(23)22-17(20(24)25)12-27-11-14-7-3-2-4-8-14/h2-10,17H,11-12H2,1H3,(H,22,23)(H,24,25). The lowest BCUT2D eigenvalue weighted by atomic mass is 10.1. The number of aliphatic carboxylic acids is 1. The number of fused-ring (bicyclic) bond motifs is 1. The fourth-order valence-electron chi connectivity index (χ4n) is 2.73. The predicted octanol–water partition coefficient (Wildman–Crippen LogP) is 2.50. The minimum absolute atomic E-state index is 0.206. The average Bonchev–Trinajstić information content (AvgIpc) is 2.68. The van der Waals surface area contributed by atoms with Gasteiger partial charge >= 0.3 is 11.6 Å². The molecule has 1 aromatic heterocycles. The number of carboxylic acid groups (broad SMARTS) is 1. The number of nitrogens with one attached hydrogen (secondary N) is 1. The van der Waals surface area contributed by atoms with Crippen molar-refractivity contribution in [3.8, 4) is 0 Å². The van der Waals surface area contributed by atoms with Crippen molar-refractivity contribution < 1.29 is 23.8 Å². The highest BCUT2D eigenvalue weighted by atomic mass is 16.5. The first-order chi connectivity index (χ1) is 13.5. The number of rotatable bonds is 7. The van der Waals surface area contributed by atoms with Gasteiger partial charge in [0.05, 0.1) is 13.2 Å². The van der Waals surface area contributed by atoms with Crippen molar-refractivity contribution in [3.05, 3.63) is 81.7 Å². The first-order valence-corrected chi connectivity index (χ1v) is 8.64. The minimum atomic E-state index is -1.30. The van der Waals surface area contributed by atoms with Gasteiger partial charge in [0.25, 0.3) is 5.91 Å². The molecule has 0 aliphatic carbocycles. The van der Waals surface area contributed by atoms with E-state index in [1.54, 1.807) is 25.1 Å². The second-order valence-corrected chi connectivity index (χ2v) is 6.31. The molecule has 1 amide bonds. The summed E-state index contributed by atoms with van der Waals surface area (Å²) in [6, 6.07) is 14.6. The summed E-state index contributed by atoms with van der Waals surface area (Å²) in [6.45, 7) is 1.75. The Kier molecular flexibility index (Phi) is 5.86. The normalized spacial score (nSPS) is 11.9. The van der Waals surface area contributed by atoms with Crippen LogP contribution in [-0.4, -0.2) is 29.6 Å². The van der Waals surface area contributed by atoms with Crippen molar-refractivity contribution in [3.63, 3.8) is 0 Å². The molecule has 2 aromatic carbocycles. The van der Waals surface area contributed by atoms with Crippen molar-refractivity contribution in [2.75, 3.05) is 6.61 Å². The summed E-state index contributed by atoms with van der Waals surface area (Å²) in [4.78, 5) is 36.1. The SMILES string of the molecule is Cc1cccc2cc(C(=O)NC(COCc3ccccc3)C(=O)O)c(=O)oc12. The van der Waals surface area contributed by atoms with E-state index in [0.717, 1.165) is 11.1 Å². The molecule has 7 nitrogen and oxygen atoms in total. The lowest BCUT2D eigenvalue weighted by Crippen LogP contribution is -2.45. The third-order valence-corrected chi connectivity index (χ3v) is 4.20. The second-order valence-electron chi connectivity index (χ2n) is 6.31. The van der Waals surface area contributed by atoms with E-state index < -0.39 is 23.5 Å². The van der Waals surface area contributed by atoms with E-state index in [9.17, 15) is 19.5 Å². The van der Waals surface area contributed by atoms with Crippen LogP contribution in [0.4, 0.5) is 0 Å². The quantitative estimate of drug-likeness (QED) is 0.609. The molecule has 0 saturated carbocycles. The largest absolute Gasteiger partial charge is 0.480 e. The summed E-state index contributed by atoms with van der Waals surface area (Å²) in [5.74, 6) is -2.09. The number of hydrogen-bond donors (Lipinski definition) is 2. The first-order valence-electron chi connectivity index (χ1n) is 8.64. The Morgan fingerprint density at radius 1 is 1.14 bits per heavy atom. The van der Waals surface area contributed by atoms with Gasteiger partial charge in [0, 0.05) is 5.39 Å². The highest BCUT2D eigenvalue weighted by molar-refractivity contribution is 5.98. The molecule has 2 N–H and O–H groups in total. The van der Waals surface area contributed by atoms with E-state index >= 15 is 0 Å². The van der Waals surface area contributed by atoms with Crippen molar-refractivity contribution in [1.29, 1.82) is 0 Å². The maximum atomic E-state index is 12.5. The number of carbonyl (C=O) groups excluding carboxylic acids is 1. The Labute approximate surface area is 160 Å². The molecule has 1 unspecified atom stereocenters. The summed E-state index contributed by atoms with van der Waals surface area (Å²) in [5, 5.41) is 12.2. The van der Waals surface area contributed by atoms with E-state index in [1.807, 2.05) is 30.3 Å². The predicted molar refractivity (Wildman–Crippen MR) is 102 cm³/mol. The van der Waals surface area contributed by atoms with E-state index in [1.165, 1.54) is 6.07 Å². The molecule has 1 atom stereocenters. The van der Waals surface area contributed by atoms with Crippen molar-refractivity contribution >= 4 is 22.8 Å². The third-order valence-electron chi connectivity index (χ3n) is 4.20. The monoisotopic (exact) mass is 381 g/mol. The lowest BCUT2D eigenvalue weighted by Gasteiger charge is -2.15. The van der Waals surface area contributed by atoms with Crippen LogP contribution in [0.15, 0.2) is 63.8 Å². The summed E-state index contributed by atoms with van der Waals surface area (Å²) in [6.07, 6.45) is 0. The molecule has 0 aliphatic rings. The number of ether oxygens (including phenoxy) is 1. The second kappa shape index (κ2) is 8.49. The van der Waals surface area contributed by atoms with E-state index in [0.29, 0.717) is 11.0 Å². The first kappa shape index (κ1) is 19.3. The summed E-state index contributed by atoms with van der Waals surface area (Å²) in [5.41, 5.74) is 0.953. The number of carboxylic acids is 1. The highest BCUT2D eigenvalue weighted by Gasteiger charge is 2.23. The fraction of sp³-hybridized carbons (Fsp3) is 0.190. The van der Waals surface area contributed by atoms with Gasteiger partial charge in [-0.2, -0.15) is 0 Å². The lowest BCUT2D eigenvalue weighted by molar-refractivity contribution is -0.141. The number of hydrogen-bond acceptors (Lipinski definition) is 5. The van der Waals surface area contributed by atoms with Gasteiger partial charge in [-0.1, -0.05) is 48.5 Å². The van der Waals surface area contributed by atoms with Gasteiger partial charge in [-0.15, -0.1) is 0 Å². The zero-order valence-electron chi connectivity index (χ0n) is 15.2. The minimum Gasteiger partial charge on any atom is -0.480 e. The van der Waals surface area contributed by atoms with Crippen LogP contribution in [0.1, 0.15) is 21.5 Å². The van der Waals surface area contributed by atoms with Gasteiger partial charge in [0.15, 0.2) is 6.04 Å². The number of carbonyl (C=O) groups is 2. The zero-order chi connectivity index (χ0) is 20.1. The van der Waals surface area contributed by atoms with Crippen LogP contribution in [0.2, 0.25) is 0 Å². The molecule has 0 aliphatic heterocycles. The smallest absolute Gasteiger partial charge is 0.349 e. The Bertz CT molecular complexity index is 1060. The van der Waals surface area contributed by atoms with Crippen molar-refractivity contribution in [1.82, 2.24) is 5.32 Å². The molecular formula is C21H19NO6. The Hall–Kier alpha value is -3.45. The summed E-state index contributed by atoms with van der Waals surface area (Å²) in [7, 11) is 0. The topological polar surface area (TPSA) is 106 Å². The molecule has 0 fully saturated rings. The Balaban J connectivity index is 1.72. The van der Waals surface area contributed by atoms with E-state index in [4.69, 9.17) is 9.15 Å². The maximum absolute atomic E-state index is 12.5. The van der Waals surface area contributed by atoms with Crippen molar-refractivity contribution in [2.45, 2.75) is 19.6 Å². The van der Waals surface area contributed by atoms with Crippen LogP contribution < -0.4 is 10.9 Å². The van der Waals surface area contributed by atoms with Crippen LogP contribution in [0.5, 0.6) is 0 Å². The molecule has 0 bridgehead atoms. The van der Waals surface area contributed by atoms with Gasteiger partial charge in [0.2, 0.25) is 0 Å². The number of para-hydroxylation sites is 1. The molecule has 144 valence electrons. The van der Waals surface area contributed by atoms with E-state index in [2.05, 4.69) is 5.32 Å². The molecule has 28 heavy (non-hydrogen) atoms. The number of amides is 1. The molecular weight excluding hydrogens is 362 g/mol. The summed E-state index contributed by atoms with van der Waals surface area (Å²) >= 11 is 0. The third kappa shape index (κ3) is 4.44. The van der Waals surface area contributed by atoms with Gasteiger partial charge in [-0.25, -0.2) is 9.59 Å². The van der Waals surface area contributed by atoms with Crippen LogP contribution in [0, 0.1) is 6.92 Å². The van der Waals surface area contributed by atoms with Crippen LogP contribution >= 0.6 is 0 Å². The molecule has 0 radical (unpaired) electrons. The molecule has 3 rings (SSSR count). The Morgan fingerprint density at radius 3 is 2.61 bits per heavy atom.